The van der Waals surface area contributed by atoms with Crippen LogP contribution in [0.5, 0.6) is 5.75 Å². The summed E-state index contributed by atoms with van der Waals surface area (Å²) in [6, 6.07) is 12.5. The predicted octanol–water partition coefficient (Wildman–Crippen LogP) is 2.36. The molecule has 3 fully saturated rings. The SMILES string of the molecule is O=C1CCC(N2Cc3cc(OCC4CCCCN4C(=O)c4ccc(N5CCOCC5)cc4)ccc3C2=O)C(=O)N1. The highest BCUT2D eigenvalue weighted by molar-refractivity contribution is 6.05. The van der Waals surface area contributed by atoms with E-state index in [1.807, 2.05) is 35.2 Å². The van der Waals surface area contributed by atoms with Crippen LogP contribution in [0.4, 0.5) is 5.69 Å². The van der Waals surface area contributed by atoms with Crippen molar-refractivity contribution in [3.05, 3.63) is 59.2 Å². The summed E-state index contributed by atoms with van der Waals surface area (Å²) in [5.74, 6) is -0.293. The molecular weight excluding hydrogens is 512 g/mol. The van der Waals surface area contributed by atoms with Crippen molar-refractivity contribution in [2.24, 2.45) is 0 Å². The average molecular weight is 547 g/mol. The predicted molar refractivity (Wildman–Crippen MR) is 146 cm³/mol. The molecule has 1 N–H and O–H groups in total. The molecule has 210 valence electrons. The van der Waals surface area contributed by atoms with Gasteiger partial charge in [-0.2, -0.15) is 0 Å². The van der Waals surface area contributed by atoms with Crippen LogP contribution in [-0.2, 0) is 20.9 Å². The maximum absolute atomic E-state index is 13.5. The first kappa shape index (κ1) is 26.3. The molecule has 10 nitrogen and oxygen atoms in total. The molecule has 4 aliphatic rings. The van der Waals surface area contributed by atoms with Crippen molar-refractivity contribution < 1.29 is 28.7 Å². The molecule has 4 amide bonds. The number of imide groups is 1. The molecule has 10 heteroatoms. The Morgan fingerprint density at radius 3 is 2.55 bits per heavy atom. The lowest BCUT2D eigenvalue weighted by molar-refractivity contribution is -0.136. The smallest absolute Gasteiger partial charge is 0.255 e. The van der Waals surface area contributed by atoms with Crippen molar-refractivity contribution in [1.82, 2.24) is 15.1 Å². The quantitative estimate of drug-likeness (QED) is 0.554. The summed E-state index contributed by atoms with van der Waals surface area (Å²) >= 11 is 0. The van der Waals surface area contributed by atoms with E-state index in [-0.39, 0.29) is 30.2 Å². The number of morpholine rings is 1. The summed E-state index contributed by atoms with van der Waals surface area (Å²) in [6.07, 6.45) is 3.41. The third kappa shape index (κ3) is 5.28. The van der Waals surface area contributed by atoms with Gasteiger partial charge in [0.1, 0.15) is 18.4 Å². The monoisotopic (exact) mass is 546 g/mol. The molecule has 0 spiro atoms. The van der Waals surface area contributed by atoms with E-state index in [0.717, 1.165) is 56.8 Å². The van der Waals surface area contributed by atoms with Crippen LogP contribution in [0.1, 0.15) is 58.4 Å². The molecule has 2 aromatic rings. The summed E-state index contributed by atoms with van der Waals surface area (Å²) in [5.41, 5.74) is 3.12. The van der Waals surface area contributed by atoms with Gasteiger partial charge in [-0.05, 0) is 73.7 Å². The van der Waals surface area contributed by atoms with Gasteiger partial charge in [-0.15, -0.1) is 0 Å². The van der Waals surface area contributed by atoms with Crippen LogP contribution in [0, 0.1) is 0 Å². The highest BCUT2D eigenvalue weighted by Crippen LogP contribution is 2.31. The number of ether oxygens (including phenoxy) is 2. The largest absolute Gasteiger partial charge is 0.491 e. The highest BCUT2D eigenvalue weighted by atomic mass is 16.5. The van der Waals surface area contributed by atoms with Gasteiger partial charge in [-0.3, -0.25) is 24.5 Å². The van der Waals surface area contributed by atoms with Crippen molar-refractivity contribution >= 4 is 29.3 Å². The summed E-state index contributed by atoms with van der Waals surface area (Å²) in [6.45, 7) is 4.49. The number of rotatable bonds is 6. The zero-order chi connectivity index (χ0) is 27.6. The molecule has 0 saturated carbocycles. The first-order valence-electron chi connectivity index (χ1n) is 14.1. The Labute approximate surface area is 233 Å². The van der Waals surface area contributed by atoms with Crippen LogP contribution in [0.25, 0.3) is 0 Å². The highest BCUT2D eigenvalue weighted by Gasteiger charge is 2.39. The van der Waals surface area contributed by atoms with Crippen molar-refractivity contribution in [1.29, 1.82) is 0 Å². The summed E-state index contributed by atoms with van der Waals surface area (Å²) in [5, 5.41) is 2.33. The number of hydrogen-bond acceptors (Lipinski definition) is 7. The topological polar surface area (TPSA) is 108 Å². The van der Waals surface area contributed by atoms with E-state index in [1.54, 1.807) is 12.1 Å². The summed E-state index contributed by atoms with van der Waals surface area (Å²) in [4.78, 5) is 56.0. The van der Waals surface area contributed by atoms with Crippen LogP contribution in [0.3, 0.4) is 0 Å². The van der Waals surface area contributed by atoms with Crippen molar-refractivity contribution in [3.8, 4) is 5.75 Å². The molecule has 3 saturated heterocycles. The van der Waals surface area contributed by atoms with E-state index in [1.165, 1.54) is 4.90 Å². The lowest BCUT2D eigenvalue weighted by Gasteiger charge is -2.36. The zero-order valence-corrected chi connectivity index (χ0v) is 22.5. The molecule has 0 bridgehead atoms. The molecule has 4 heterocycles. The van der Waals surface area contributed by atoms with E-state index in [9.17, 15) is 19.2 Å². The van der Waals surface area contributed by atoms with Gasteiger partial charge in [0.2, 0.25) is 11.8 Å². The second-order valence-electron chi connectivity index (χ2n) is 10.8. The van der Waals surface area contributed by atoms with Crippen molar-refractivity contribution in [2.45, 2.75) is 50.7 Å². The number of hydrogen-bond donors (Lipinski definition) is 1. The molecule has 6 rings (SSSR count). The van der Waals surface area contributed by atoms with E-state index in [4.69, 9.17) is 9.47 Å². The Hall–Kier alpha value is -3.92. The molecule has 0 aromatic heterocycles. The van der Waals surface area contributed by atoms with Crippen LogP contribution in [0.2, 0.25) is 0 Å². The Morgan fingerprint density at radius 1 is 0.975 bits per heavy atom. The van der Waals surface area contributed by atoms with Gasteiger partial charge < -0.3 is 24.2 Å². The number of piperidine rings is 2. The maximum atomic E-state index is 13.5. The lowest BCUT2D eigenvalue weighted by atomic mass is 10.0. The fourth-order valence-electron chi connectivity index (χ4n) is 6.08. The van der Waals surface area contributed by atoms with Crippen molar-refractivity contribution in [3.63, 3.8) is 0 Å². The standard InChI is InChI=1S/C30H34N4O6/c35-27-11-10-26(28(36)31-27)34-18-21-17-24(8-9-25(21)30(34)38)40-19-23-3-1-2-12-33(23)29(37)20-4-6-22(7-5-20)32-13-15-39-16-14-32/h4-9,17,23,26H,1-3,10-16,18-19H2,(H,31,35,36). The zero-order valence-electron chi connectivity index (χ0n) is 22.5. The molecule has 2 atom stereocenters. The number of nitrogens with one attached hydrogen (secondary N) is 1. The second-order valence-corrected chi connectivity index (χ2v) is 10.8. The Bertz CT molecular complexity index is 1310. The van der Waals surface area contributed by atoms with Crippen LogP contribution in [-0.4, -0.2) is 85.0 Å². The number of benzene rings is 2. The van der Waals surface area contributed by atoms with Crippen LogP contribution < -0.4 is 15.0 Å². The number of anilines is 1. The Balaban J connectivity index is 1.09. The molecule has 4 aliphatic heterocycles. The minimum absolute atomic E-state index is 0.0151. The van der Waals surface area contributed by atoms with Gasteiger partial charge in [0.15, 0.2) is 0 Å². The third-order valence-corrected chi connectivity index (χ3v) is 8.32. The fraction of sp³-hybridized carbons (Fsp3) is 0.467. The van der Waals surface area contributed by atoms with E-state index in [0.29, 0.717) is 43.0 Å². The van der Waals surface area contributed by atoms with Gasteiger partial charge in [-0.1, -0.05) is 0 Å². The van der Waals surface area contributed by atoms with E-state index in [2.05, 4.69) is 10.2 Å². The van der Waals surface area contributed by atoms with Crippen LogP contribution in [0.15, 0.2) is 42.5 Å². The Morgan fingerprint density at radius 2 is 1.77 bits per heavy atom. The molecule has 2 aromatic carbocycles. The van der Waals surface area contributed by atoms with Gasteiger partial charge in [-0.25, -0.2) is 0 Å². The number of likely N-dealkylation sites (tertiary alicyclic amines) is 1. The molecule has 0 aliphatic carbocycles. The van der Waals surface area contributed by atoms with Gasteiger partial charge >= 0.3 is 0 Å². The van der Waals surface area contributed by atoms with E-state index >= 15 is 0 Å². The summed E-state index contributed by atoms with van der Waals surface area (Å²) in [7, 11) is 0. The van der Waals surface area contributed by atoms with Crippen LogP contribution >= 0.6 is 0 Å². The molecular formula is C30H34N4O6. The van der Waals surface area contributed by atoms with Gasteiger partial charge in [0, 0.05) is 49.4 Å². The fourth-order valence-corrected chi connectivity index (χ4v) is 6.08. The number of fused-ring (bicyclic) bond motifs is 1. The number of nitrogens with zero attached hydrogens (tertiary/aromatic N) is 3. The van der Waals surface area contributed by atoms with Gasteiger partial charge in [0.05, 0.1) is 19.3 Å². The number of carbonyl (C=O) groups excluding carboxylic acids is 4. The second kappa shape index (κ2) is 11.3. The number of carbonyl (C=O) groups is 4. The maximum Gasteiger partial charge on any atom is 0.255 e. The van der Waals surface area contributed by atoms with Gasteiger partial charge in [0.25, 0.3) is 11.8 Å². The molecule has 0 radical (unpaired) electrons. The Kier molecular flexibility index (Phi) is 7.42. The third-order valence-electron chi connectivity index (χ3n) is 8.32. The summed E-state index contributed by atoms with van der Waals surface area (Å²) < 4.78 is 11.6. The first-order valence-corrected chi connectivity index (χ1v) is 14.1. The van der Waals surface area contributed by atoms with Crippen molar-refractivity contribution in [2.75, 3.05) is 44.4 Å². The molecule has 2 unspecified atom stereocenters. The minimum Gasteiger partial charge on any atom is -0.491 e. The average Bonchev–Trinajstić information content (AvgIpc) is 3.31. The normalized spacial score (nSPS) is 23.2. The minimum atomic E-state index is -0.647. The van der Waals surface area contributed by atoms with E-state index < -0.39 is 11.9 Å². The lowest BCUT2D eigenvalue weighted by Crippen LogP contribution is -2.52. The number of amides is 4. The molecule has 40 heavy (non-hydrogen) atoms. The first-order chi connectivity index (χ1) is 19.5.